The van der Waals surface area contributed by atoms with Crippen molar-refractivity contribution in [3.05, 3.63) is 28.0 Å². The van der Waals surface area contributed by atoms with Crippen molar-refractivity contribution in [2.45, 2.75) is 13.0 Å². The molecule has 0 radical (unpaired) electrons. The van der Waals surface area contributed by atoms with Gasteiger partial charge in [0.25, 0.3) is 0 Å². The molecule has 1 aromatic heterocycles. The van der Waals surface area contributed by atoms with Crippen molar-refractivity contribution in [2.24, 2.45) is 5.73 Å². The fourth-order valence-electron chi connectivity index (χ4n) is 0.864. The van der Waals surface area contributed by atoms with E-state index in [4.69, 9.17) is 5.73 Å². The largest absolute Gasteiger partial charge is 0.385 e. The number of aryl methyl sites for hydroxylation is 1. The molecule has 0 aliphatic carbocycles. The van der Waals surface area contributed by atoms with Crippen molar-refractivity contribution < 1.29 is 5.11 Å². The molecule has 0 fully saturated rings. The second-order valence-corrected chi connectivity index (χ2v) is 3.46. The summed E-state index contributed by atoms with van der Waals surface area (Å²) in [6.45, 7) is 2.15. The van der Waals surface area contributed by atoms with Gasteiger partial charge < -0.3 is 10.8 Å². The van der Waals surface area contributed by atoms with Crippen LogP contribution in [0.15, 0.2) is 16.7 Å². The van der Waals surface area contributed by atoms with Crippen molar-refractivity contribution in [2.75, 3.05) is 6.54 Å². The number of rotatable bonds is 2. The van der Waals surface area contributed by atoms with Gasteiger partial charge in [-0.2, -0.15) is 0 Å². The summed E-state index contributed by atoms with van der Waals surface area (Å²) in [6.07, 6.45) is 1.01. The minimum Gasteiger partial charge on any atom is -0.385 e. The van der Waals surface area contributed by atoms with Crippen LogP contribution < -0.4 is 5.73 Å². The Bertz CT molecular complexity index is 278. The Kier molecular flexibility index (Phi) is 3.20. The molecule has 0 aliphatic heterocycles. The highest BCUT2D eigenvalue weighted by Gasteiger charge is 2.07. The van der Waals surface area contributed by atoms with E-state index in [0.717, 1.165) is 10.0 Å². The molecule has 3 nitrogen and oxygen atoms in total. The second kappa shape index (κ2) is 3.98. The predicted molar refractivity (Wildman–Crippen MR) is 50.7 cm³/mol. The van der Waals surface area contributed by atoms with Crippen LogP contribution in [0.3, 0.4) is 0 Å². The van der Waals surface area contributed by atoms with Crippen LogP contribution in [-0.2, 0) is 0 Å². The van der Waals surface area contributed by atoms with Gasteiger partial charge in [0.2, 0.25) is 0 Å². The summed E-state index contributed by atoms with van der Waals surface area (Å²) in [6, 6.07) is 1.82. The van der Waals surface area contributed by atoms with Crippen LogP contribution in [0.4, 0.5) is 0 Å². The van der Waals surface area contributed by atoms with E-state index in [2.05, 4.69) is 20.9 Å². The van der Waals surface area contributed by atoms with E-state index in [1.165, 1.54) is 0 Å². The van der Waals surface area contributed by atoms with Gasteiger partial charge in [-0.25, -0.2) is 0 Å². The Balaban J connectivity index is 2.96. The van der Waals surface area contributed by atoms with Gasteiger partial charge in [0.05, 0.1) is 5.69 Å². The number of aliphatic hydroxyl groups excluding tert-OH is 1. The molecule has 0 spiro atoms. The Morgan fingerprint density at radius 1 is 1.75 bits per heavy atom. The van der Waals surface area contributed by atoms with E-state index >= 15 is 0 Å². The Morgan fingerprint density at radius 2 is 2.42 bits per heavy atom. The zero-order valence-corrected chi connectivity index (χ0v) is 8.37. The highest BCUT2D eigenvalue weighted by Crippen LogP contribution is 2.17. The number of nitrogens with zero attached hydrogens (tertiary/aromatic N) is 1. The average Bonchev–Trinajstić information content (AvgIpc) is 2.08. The zero-order chi connectivity index (χ0) is 9.14. The van der Waals surface area contributed by atoms with E-state index < -0.39 is 6.10 Å². The second-order valence-electron chi connectivity index (χ2n) is 2.61. The first-order valence-corrected chi connectivity index (χ1v) is 4.44. The van der Waals surface area contributed by atoms with Crippen molar-refractivity contribution in [1.82, 2.24) is 4.98 Å². The normalized spacial score (nSPS) is 13.0. The molecule has 0 saturated heterocycles. The van der Waals surface area contributed by atoms with Gasteiger partial charge >= 0.3 is 0 Å². The monoisotopic (exact) mass is 230 g/mol. The highest BCUT2D eigenvalue weighted by atomic mass is 79.9. The lowest BCUT2D eigenvalue weighted by molar-refractivity contribution is 0.182. The molecule has 1 heterocycles. The topological polar surface area (TPSA) is 59.1 Å². The van der Waals surface area contributed by atoms with Gasteiger partial charge in [-0.3, -0.25) is 4.98 Å². The Morgan fingerprint density at radius 3 is 2.92 bits per heavy atom. The van der Waals surface area contributed by atoms with E-state index in [-0.39, 0.29) is 6.54 Å². The maximum absolute atomic E-state index is 9.34. The molecule has 1 aromatic rings. The standard InChI is InChI=1S/C8H11BrN2O/c1-5-2-7(8(12)3-10)11-4-6(5)9/h2,4,8,12H,3,10H2,1H3. The molecular weight excluding hydrogens is 220 g/mol. The molecule has 0 amide bonds. The summed E-state index contributed by atoms with van der Waals surface area (Å²) in [5.74, 6) is 0. The molecular formula is C8H11BrN2O. The fraction of sp³-hybridized carbons (Fsp3) is 0.375. The summed E-state index contributed by atoms with van der Waals surface area (Å²) in [5.41, 5.74) is 6.96. The van der Waals surface area contributed by atoms with Crippen LogP contribution in [0, 0.1) is 6.92 Å². The molecule has 3 N–H and O–H groups in total. The lowest BCUT2D eigenvalue weighted by atomic mass is 10.2. The summed E-state index contributed by atoms with van der Waals surface area (Å²) < 4.78 is 0.940. The van der Waals surface area contributed by atoms with Gasteiger partial charge in [0, 0.05) is 17.2 Å². The summed E-state index contributed by atoms with van der Waals surface area (Å²) in [7, 11) is 0. The smallest absolute Gasteiger partial charge is 0.108 e. The summed E-state index contributed by atoms with van der Waals surface area (Å²) in [5, 5.41) is 9.34. The maximum Gasteiger partial charge on any atom is 0.108 e. The van der Waals surface area contributed by atoms with E-state index in [1.807, 2.05) is 13.0 Å². The van der Waals surface area contributed by atoms with Gasteiger partial charge in [0.1, 0.15) is 6.10 Å². The predicted octanol–water partition coefficient (Wildman–Crippen LogP) is 1.14. The molecule has 1 rings (SSSR count). The SMILES string of the molecule is Cc1cc(C(O)CN)ncc1Br. The van der Waals surface area contributed by atoms with Gasteiger partial charge in [-0.05, 0) is 34.5 Å². The van der Waals surface area contributed by atoms with Crippen molar-refractivity contribution in [3.8, 4) is 0 Å². The zero-order valence-electron chi connectivity index (χ0n) is 6.79. The minimum absolute atomic E-state index is 0.202. The molecule has 1 unspecified atom stereocenters. The van der Waals surface area contributed by atoms with Crippen LogP contribution in [-0.4, -0.2) is 16.6 Å². The summed E-state index contributed by atoms with van der Waals surface area (Å²) >= 11 is 3.32. The number of halogens is 1. The van der Waals surface area contributed by atoms with Gasteiger partial charge in [-0.15, -0.1) is 0 Å². The fourth-order valence-corrected chi connectivity index (χ4v) is 1.08. The maximum atomic E-state index is 9.34. The van der Waals surface area contributed by atoms with Crippen molar-refractivity contribution in [1.29, 1.82) is 0 Å². The van der Waals surface area contributed by atoms with Gasteiger partial charge in [-0.1, -0.05) is 0 Å². The number of hydrogen-bond donors (Lipinski definition) is 2. The molecule has 1 atom stereocenters. The van der Waals surface area contributed by atoms with E-state index in [0.29, 0.717) is 5.69 Å². The molecule has 0 aromatic carbocycles. The van der Waals surface area contributed by atoms with Crippen molar-refractivity contribution in [3.63, 3.8) is 0 Å². The Hall–Kier alpha value is -0.450. The number of nitrogens with two attached hydrogens (primary N) is 1. The van der Waals surface area contributed by atoms with Crippen LogP contribution in [0.5, 0.6) is 0 Å². The third-order valence-corrected chi connectivity index (χ3v) is 2.46. The van der Waals surface area contributed by atoms with E-state index in [9.17, 15) is 5.11 Å². The van der Waals surface area contributed by atoms with Crippen LogP contribution in [0.2, 0.25) is 0 Å². The molecule has 0 bridgehead atoms. The van der Waals surface area contributed by atoms with Gasteiger partial charge in [0.15, 0.2) is 0 Å². The number of hydrogen-bond acceptors (Lipinski definition) is 3. The van der Waals surface area contributed by atoms with E-state index in [1.54, 1.807) is 6.20 Å². The lowest BCUT2D eigenvalue weighted by Gasteiger charge is -2.07. The van der Waals surface area contributed by atoms with Crippen LogP contribution in [0.25, 0.3) is 0 Å². The van der Waals surface area contributed by atoms with Crippen LogP contribution >= 0.6 is 15.9 Å². The van der Waals surface area contributed by atoms with Crippen LogP contribution in [0.1, 0.15) is 17.4 Å². The molecule has 4 heteroatoms. The lowest BCUT2D eigenvalue weighted by Crippen LogP contribution is -2.12. The highest BCUT2D eigenvalue weighted by molar-refractivity contribution is 9.10. The summed E-state index contributed by atoms with van der Waals surface area (Å²) in [4.78, 5) is 4.03. The molecule has 0 aliphatic rings. The first-order valence-electron chi connectivity index (χ1n) is 3.65. The first-order chi connectivity index (χ1) is 5.65. The average molecular weight is 231 g/mol. The molecule has 12 heavy (non-hydrogen) atoms. The molecule has 66 valence electrons. The first kappa shape index (κ1) is 9.64. The molecule has 0 saturated carbocycles. The number of aromatic nitrogens is 1. The third-order valence-electron chi connectivity index (χ3n) is 1.63. The number of aliphatic hydroxyl groups is 1. The number of pyridine rings is 1. The minimum atomic E-state index is -0.656. The quantitative estimate of drug-likeness (QED) is 0.802. The third kappa shape index (κ3) is 2.03. The Labute approximate surface area is 79.7 Å². The van der Waals surface area contributed by atoms with Crippen molar-refractivity contribution >= 4 is 15.9 Å².